The van der Waals surface area contributed by atoms with Crippen molar-refractivity contribution in [3.63, 3.8) is 0 Å². The lowest BCUT2D eigenvalue weighted by Gasteiger charge is -1.99. The SMILES string of the molecule is CCOC(=O)c1ncsc1C=CCCNC(C)=O. The van der Waals surface area contributed by atoms with E-state index in [1.54, 1.807) is 12.4 Å². The molecule has 0 fully saturated rings. The van der Waals surface area contributed by atoms with Gasteiger partial charge in [-0.15, -0.1) is 11.3 Å². The van der Waals surface area contributed by atoms with Crippen LogP contribution < -0.4 is 5.32 Å². The maximum Gasteiger partial charge on any atom is 0.358 e. The smallest absolute Gasteiger partial charge is 0.358 e. The second-order valence-corrected chi connectivity index (χ2v) is 4.35. The van der Waals surface area contributed by atoms with Crippen LogP contribution in [0, 0.1) is 0 Å². The van der Waals surface area contributed by atoms with Crippen molar-refractivity contribution in [3.05, 3.63) is 22.2 Å². The van der Waals surface area contributed by atoms with E-state index in [0.717, 1.165) is 4.88 Å². The van der Waals surface area contributed by atoms with E-state index in [1.807, 2.05) is 12.2 Å². The molecule has 0 aromatic carbocycles. The number of nitrogens with zero attached hydrogens (tertiary/aromatic N) is 1. The van der Waals surface area contributed by atoms with Crippen LogP contribution in [0.2, 0.25) is 0 Å². The van der Waals surface area contributed by atoms with Crippen LogP contribution in [0.25, 0.3) is 6.08 Å². The van der Waals surface area contributed by atoms with Crippen molar-refractivity contribution < 1.29 is 14.3 Å². The van der Waals surface area contributed by atoms with Crippen molar-refractivity contribution in [2.75, 3.05) is 13.2 Å². The lowest BCUT2D eigenvalue weighted by molar-refractivity contribution is -0.118. The summed E-state index contributed by atoms with van der Waals surface area (Å²) in [4.78, 5) is 26.9. The van der Waals surface area contributed by atoms with Gasteiger partial charge in [-0.1, -0.05) is 6.08 Å². The Morgan fingerprint density at radius 2 is 2.33 bits per heavy atom. The number of hydrogen-bond donors (Lipinski definition) is 1. The number of carbonyl (C=O) groups is 2. The minimum atomic E-state index is -0.403. The predicted octanol–water partition coefficient (Wildman–Crippen LogP) is 1.86. The first-order valence-corrected chi connectivity index (χ1v) is 6.54. The van der Waals surface area contributed by atoms with E-state index in [4.69, 9.17) is 4.74 Å². The Labute approximate surface area is 110 Å². The highest BCUT2D eigenvalue weighted by molar-refractivity contribution is 7.10. The standard InChI is InChI=1S/C12H16N2O3S/c1-3-17-12(16)11-10(18-8-14-11)6-4-5-7-13-9(2)15/h4,6,8H,3,5,7H2,1-2H3,(H,13,15). The third-order valence-electron chi connectivity index (χ3n) is 2.02. The molecule has 5 nitrogen and oxygen atoms in total. The van der Waals surface area contributed by atoms with Gasteiger partial charge in [0.05, 0.1) is 17.0 Å². The van der Waals surface area contributed by atoms with Crippen LogP contribution >= 0.6 is 11.3 Å². The van der Waals surface area contributed by atoms with E-state index in [0.29, 0.717) is 25.3 Å². The molecule has 0 aliphatic carbocycles. The number of ether oxygens (including phenoxy) is 1. The molecule has 18 heavy (non-hydrogen) atoms. The quantitative estimate of drug-likeness (QED) is 0.631. The average Bonchev–Trinajstić information content (AvgIpc) is 2.77. The van der Waals surface area contributed by atoms with Gasteiger partial charge in [-0.05, 0) is 19.4 Å². The summed E-state index contributed by atoms with van der Waals surface area (Å²) in [7, 11) is 0. The lowest BCUT2D eigenvalue weighted by atomic mass is 10.3. The van der Waals surface area contributed by atoms with Gasteiger partial charge in [0.1, 0.15) is 0 Å². The van der Waals surface area contributed by atoms with Crippen LogP contribution in [0.1, 0.15) is 35.6 Å². The van der Waals surface area contributed by atoms with Crippen LogP contribution in [-0.4, -0.2) is 30.0 Å². The number of amides is 1. The molecule has 1 N–H and O–H groups in total. The van der Waals surface area contributed by atoms with E-state index >= 15 is 0 Å². The molecular formula is C12H16N2O3S. The highest BCUT2D eigenvalue weighted by Gasteiger charge is 2.13. The zero-order chi connectivity index (χ0) is 13.4. The molecule has 1 aromatic heterocycles. The lowest BCUT2D eigenvalue weighted by Crippen LogP contribution is -2.20. The van der Waals surface area contributed by atoms with Gasteiger partial charge >= 0.3 is 5.97 Å². The number of aromatic nitrogens is 1. The van der Waals surface area contributed by atoms with E-state index < -0.39 is 5.97 Å². The Morgan fingerprint density at radius 1 is 1.56 bits per heavy atom. The fourth-order valence-corrected chi connectivity index (χ4v) is 1.94. The maximum atomic E-state index is 11.5. The minimum absolute atomic E-state index is 0.0478. The third-order valence-corrected chi connectivity index (χ3v) is 2.81. The van der Waals surface area contributed by atoms with Crippen molar-refractivity contribution >= 4 is 29.3 Å². The fourth-order valence-electron chi connectivity index (χ4n) is 1.25. The van der Waals surface area contributed by atoms with Crippen LogP contribution in [0.15, 0.2) is 11.6 Å². The Bertz CT molecular complexity index is 440. The molecule has 0 saturated heterocycles. The number of rotatable bonds is 6. The zero-order valence-electron chi connectivity index (χ0n) is 10.4. The molecule has 1 aromatic rings. The summed E-state index contributed by atoms with van der Waals surface area (Å²) in [6, 6.07) is 0. The van der Waals surface area contributed by atoms with Crippen LogP contribution in [-0.2, 0) is 9.53 Å². The second kappa shape index (κ2) is 7.60. The topological polar surface area (TPSA) is 68.3 Å². The van der Waals surface area contributed by atoms with Crippen molar-refractivity contribution in [2.24, 2.45) is 0 Å². The molecule has 0 radical (unpaired) electrons. The Kier molecular flexibility index (Phi) is 6.07. The third kappa shape index (κ3) is 4.67. The number of thiazole rings is 1. The Balaban J connectivity index is 2.51. The summed E-state index contributed by atoms with van der Waals surface area (Å²) in [6.45, 7) is 4.15. The Hall–Kier alpha value is -1.69. The monoisotopic (exact) mass is 268 g/mol. The minimum Gasteiger partial charge on any atom is -0.461 e. The zero-order valence-corrected chi connectivity index (χ0v) is 11.3. The van der Waals surface area contributed by atoms with Gasteiger partial charge in [-0.25, -0.2) is 9.78 Å². The summed E-state index contributed by atoms with van der Waals surface area (Å²) in [6.07, 6.45) is 4.43. The molecule has 0 saturated carbocycles. The largest absolute Gasteiger partial charge is 0.461 e. The summed E-state index contributed by atoms with van der Waals surface area (Å²) in [5.74, 6) is -0.450. The maximum absolute atomic E-state index is 11.5. The molecule has 1 amide bonds. The van der Waals surface area contributed by atoms with Crippen molar-refractivity contribution in [1.29, 1.82) is 0 Å². The van der Waals surface area contributed by atoms with E-state index in [1.165, 1.54) is 18.3 Å². The first kappa shape index (κ1) is 14.4. The van der Waals surface area contributed by atoms with E-state index in [2.05, 4.69) is 10.3 Å². The van der Waals surface area contributed by atoms with Crippen LogP contribution in [0.5, 0.6) is 0 Å². The van der Waals surface area contributed by atoms with E-state index in [-0.39, 0.29) is 5.91 Å². The van der Waals surface area contributed by atoms with Gasteiger partial charge in [0, 0.05) is 13.5 Å². The van der Waals surface area contributed by atoms with Gasteiger partial charge in [0.2, 0.25) is 5.91 Å². The summed E-state index contributed by atoms with van der Waals surface area (Å²) >= 11 is 1.38. The number of hydrogen-bond acceptors (Lipinski definition) is 5. The molecule has 0 unspecified atom stereocenters. The van der Waals surface area contributed by atoms with Crippen molar-refractivity contribution in [1.82, 2.24) is 10.3 Å². The van der Waals surface area contributed by atoms with Gasteiger partial charge in [-0.3, -0.25) is 4.79 Å². The Morgan fingerprint density at radius 3 is 3.00 bits per heavy atom. The number of esters is 1. The first-order chi connectivity index (χ1) is 8.65. The summed E-state index contributed by atoms with van der Waals surface area (Å²) < 4.78 is 4.90. The molecule has 1 rings (SSSR count). The van der Waals surface area contributed by atoms with Gasteiger partial charge in [0.25, 0.3) is 0 Å². The fraction of sp³-hybridized carbons (Fsp3) is 0.417. The van der Waals surface area contributed by atoms with Crippen molar-refractivity contribution in [3.8, 4) is 0 Å². The number of carbonyl (C=O) groups excluding carboxylic acids is 2. The number of nitrogens with one attached hydrogen (secondary N) is 1. The molecule has 0 bridgehead atoms. The average molecular weight is 268 g/mol. The molecule has 0 spiro atoms. The summed E-state index contributed by atoms with van der Waals surface area (Å²) in [5.41, 5.74) is 1.96. The van der Waals surface area contributed by atoms with Crippen LogP contribution in [0.3, 0.4) is 0 Å². The van der Waals surface area contributed by atoms with Gasteiger partial charge in [0.15, 0.2) is 5.69 Å². The molecule has 98 valence electrons. The first-order valence-electron chi connectivity index (χ1n) is 5.66. The van der Waals surface area contributed by atoms with E-state index in [9.17, 15) is 9.59 Å². The molecular weight excluding hydrogens is 252 g/mol. The van der Waals surface area contributed by atoms with Gasteiger partial charge in [-0.2, -0.15) is 0 Å². The van der Waals surface area contributed by atoms with Crippen LogP contribution in [0.4, 0.5) is 0 Å². The molecule has 6 heteroatoms. The highest BCUT2D eigenvalue weighted by atomic mass is 32.1. The molecule has 0 atom stereocenters. The summed E-state index contributed by atoms with van der Waals surface area (Å²) in [5, 5.41) is 2.69. The molecule has 0 aliphatic heterocycles. The van der Waals surface area contributed by atoms with Crippen molar-refractivity contribution in [2.45, 2.75) is 20.3 Å². The second-order valence-electron chi connectivity index (χ2n) is 3.46. The highest BCUT2D eigenvalue weighted by Crippen LogP contribution is 2.16. The molecule has 0 aliphatic rings. The molecule has 1 heterocycles. The van der Waals surface area contributed by atoms with Gasteiger partial charge < -0.3 is 10.1 Å². The normalized spacial score (nSPS) is 10.6. The predicted molar refractivity (Wildman–Crippen MR) is 70.4 cm³/mol.